The standard InChI is InChI=1S/C15H19N3O.HI/c1-10(2)8-17-15(16)18-9-13-11(3)19-14-7-5-4-6-12(13)14;/h4-7H,1,8-9H2,2-3H3,(H3,16,17,18);1H. The highest BCUT2D eigenvalue weighted by Gasteiger charge is 2.09. The van der Waals surface area contributed by atoms with Gasteiger partial charge in [0.1, 0.15) is 11.3 Å². The molecule has 5 heteroatoms. The zero-order valence-electron chi connectivity index (χ0n) is 11.8. The normalized spacial score (nSPS) is 11.2. The van der Waals surface area contributed by atoms with Crippen molar-refractivity contribution >= 4 is 40.9 Å². The second-order valence-corrected chi connectivity index (χ2v) is 4.65. The van der Waals surface area contributed by atoms with Gasteiger partial charge in [-0.05, 0) is 19.9 Å². The molecule has 4 nitrogen and oxygen atoms in total. The first-order chi connectivity index (χ1) is 9.08. The summed E-state index contributed by atoms with van der Waals surface area (Å²) in [5.74, 6) is 1.31. The minimum Gasteiger partial charge on any atom is -0.461 e. The molecule has 1 aromatic carbocycles. The van der Waals surface area contributed by atoms with Crippen molar-refractivity contribution in [2.45, 2.75) is 20.4 Å². The number of nitrogens with one attached hydrogen (secondary N) is 1. The van der Waals surface area contributed by atoms with E-state index in [0.717, 1.165) is 27.9 Å². The van der Waals surface area contributed by atoms with Crippen molar-refractivity contribution in [3.8, 4) is 0 Å². The van der Waals surface area contributed by atoms with E-state index in [0.29, 0.717) is 19.0 Å². The smallest absolute Gasteiger partial charge is 0.189 e. The number of aryl methyl sites for hydroxylation is 1. The lowest BCUT2D eigenvalue weighted by Crippen LogP contribution is -2.32. The fourth-order valence-electron chi connectivity index (χ4n) is 1.88. The summed E-state index contributed by atoms with van der Waals surface area (Å²) >= 11 is 0. The second-order valence-electron chi connectivity index (χ2n) is 4.65. The highest BCUT2D eigenvalue weighted by atomic mass is 127. The Balaban J connectivity index is 0.00000200. The first-order valence-electron chi connectivity index (χ1n) is 6.23. The molecule has 0 saturated heterocycles. The maximum Gasteiger partial charge on any atom is 0.189 e. The van der Waals surface area contributed by atoms with Gasteiger partial charge in [0.2, 0.25) is 0 Å². The molecule has 20 heavy (non-hydrogen) atoms. The Morgan fingerprint density at radius 1 is 1.40 bits per heavy atom. The minimum atomic E-state index is 0. The van der Waals surface area contributed by atoms with Crippen LogP contribution in [0, 0.1) is 6.92 Å². The molecule has 0 aliphatic carbocycles. The van der Waals surface area contributed by atoms with Crippen LogP contribution in [0.25, 0.3) is 11.0 Å². The van der Waals surface area contributed by atoms with Crippen molar-refractivity contribution in [2.75, 3.05) is 6.54 Å². The molecule has 108 valence electrons. The predicted molar refractivity (Wildman–Crippen MR) is 94.5 cm³/mol. The average molecular weight is 385 g/mol. The van der Waals surface area contributed by atoms with Gasteiger partial charge in [0, 0.05) is 17.5 Å². The van der Waals surface area contributed by atoms with Crippen LogP contribution in [0.4, 0.5) is 0 Å². The van der Waals surface area contributed by atoms with Crippen LogP contribution in [0.1, 0.15) is 18.2 Å². The molecular weight excluding hydrogens is 365 g/mol. The summed E-state index contributed by atoms with van der Waals surface area (Å²) in [6.45, 7) is 8.84. The van der Waals surface area contributed by atoms with E-state index in [9.17, 15) is 0 Å². The Bertz CT molecular complexity index is 631. The van der Waals surface area contributed by atoms with Crippen LogP contribution in [-0.2, 0) is 6.54 Å². The second kappa shape index (κ2) is 7.33. The summed E-state index contributed by atoms with van der Waals surface area (Å²) in [5.41, 5.74) is 8.78. The molecule has 2 rings (SSSR count). The number of para-hydroxylation sites is 1. The summed E-state index contributed by atoms with van der Waals surface area (Å²) in [7, 11) is 0. The lowest BCUT2D eigenvalue weighted by atomic mass is 10.1. The number of rotatable bonds is 4. The molecule has 0 atom stereocenters. The maximum atomic E-state index is 5.80. The van der Waals surface area contributed by atoms with Crippen molar-refractivity contribution in [1.29, 1.82) is 0 Å². The van der Waals surface area contributed by atoms with E-state index in [1.165, 1.54) is 0 Å². The summed E-state index contributed by atoms with van der Waals surface area (Å²) in [6.07, 6.45) is 0. The molecule has 2 aromatic rings. The lowest BCUT2D eigenvalue weighted by Gasteiger charge is -2.04. The van der Waals surface area contributed by atoms with Gasteiger partial charge in [-0.25, -0.2) is 4.99 Å². The number of fused-ring (bicyclic) bond motifs is 1. The van der Waals surface area contributed by atoms with E-state index < -0.39 is 0 Å². The molecule has 1 heterocycles. The Morgan fingerprint density at radius 2 is 2.10 bits per heavy atom. The third-order valence-corrected chi connectivity index (χ3v) is 2.88. The van der Waals surface area contributed by atoms with Crippen LogP contribution < -0.4 is 11.1 Å². The van der Waals surface area contributed by atoms with Crippen LogP contribution in [-0.4, -0.2) is 12.5 Å². The average Bonchev–Trinajstić information content (AvgIpc) is 2.69. The van der Waals surface area contributed by atoms with E-state index >= 15 is 0 Å². The SMILES string of the molecule is C=C(C)CNC(N)=NCc1c(C)oc2ccccc12.I. The Kier molecular flexibility index (Phi) is 6.06. The number of nitrogens with zero attached hydrogens (tertiary/aromatic N) is 1. The summed E-state index contributed by atoms with van der Waals surface area (Å²) in [4.78, 5) is 4.33. The number of nitrogens with two attached hydrogens (primary N) is 1. The Labute approximate surface area is 136 Å². The van der Waals surface area contributed by atoms with E-state index in [1.54, 1.807) is 0 Å². The zero-order valence-corrected chi connectivity index (χ0v) is 14.1. The molecule has 0 aliphatic heterocycles. The quantitative estimate of drug-likeness (QED) is 0.367. The molecule has 0 radical (unpaired) electrons. The molecule has 0 amide bonds. The fourth-order valence-corrected chi connectivity index (χ4v) is 1.88. The lowest BCUT2D eigenvalue weighted by molar-refractivity contribution is 0.572. The van der Waals surface area contributed by atoms with Gasteiger partial charge in [-0.2, -0.15) is 0 Å². The number of aliphatic imine (C=N–C) groups is 1. The molecule has 3 N–H and O–H groups in total. The van der Waals surface area contributed by atoms with E-state index in [4.69, 9.17) is 10.2 Å². The number of hydrogen-bond donors (Lipinski definition) is 2. The first-order valence-corrected chi connectivity index (χ1v) is 6.23. The van der Waals surface area contributed by atoms with E-state index in [2.05, 4.69) is 16.9 Å². The van der Waals surface area contributed by atoms with Crippen LogP contribution >= 0.6 is 24.0 Å². The molecule has 0 unspecified atom stereocenters. The van der Waals surface area contributed by atoms with Crippen molar-refractivity contribution in [3.63, 3.8) is 0 Å². The highest BCUT2D eigenvalue weighted by molar-refractivity contribution is 14.0. The van der Waals surface area contributed by atoms with Gasteiger partial charge in [-0.3, -0.25) is 0 Å². The van der Waals surface area contributed by atoms with Crippen LogP contribution in [0.2, 0.25) is 0 Å². The van der Waals surface area contributed by atoms with Crippen LogP contribution in [0.5, 0.6) is 0 Å². The summed E-state index contributed by atoms with van der Waals surface area (Å²) < 4.78 is 5.68. The number of furan rings is 1. The third kappa shape index (κ3) is 4.00. The molecule has 0 spiro atoms. The molecule has 0 saturated carbocycles. The summed E-state index contributed by atoms with van der Waals surface area (Å²) in [6, 6.07) is 7.95. The van der Waals surface area contributed by atoms with Gasteiger partial charge >= 0.3 is 0 Å². The number of halogens is 1. The predicted octanol–water partition coefficient (Wildman–Crippen LogP) is 3.34. The van der Waals surface area contributed by atoms with Crippen LogP contribution in [0.15, 0.2) is 45.8 Å². The van der Waals surface area contributed by atoms with Crippen LogP contribution in [0.3, 0.4) is 0 Å². The number of hydrogen-bond acceptors (Lipinski definition) is 2. The van der Waals surface area contributed by atoms with E-state index in [1.807, 2.05) is 38.1 Å². The number of guanidine groups is 1. The first kappa shape index (κ1) is 16.6. The van der Waals surface area contributed by atoms with Gasteiger partial charge in [0.05, 0.1) is 6.54 Å². The maximum absolute atomic E-state index is 5.80. The molecule has 0 bridgehead atoms. The zero-order chi connectivity index (χ0) is 13.8. The van der Waals surface area contributed by atoms with Gasteiger partial charge in [-0.15, -0.1) is 24.0 Å². The van der Waals surface area contributed by atoms with Crippen molar-refractivity contribution < 1.29 is 4.42 Å². The van der Waals surface area contributed by atoms with Gasteiger partial charge in [0.15, 0.2) is 5.96 Å². The molecule has 1 aromatic heterocycles. The van der Waals surface area contributed by atoms with Gasteiger partial charge < -0.3 is 15.5 Å². The van der Waals surface area contributed by atoms with Crippen molar-refractivity contribution in [1.82, 2.24) is 5.32 Å². The molecule has 0 aliphatic rings. The molecular formula is C15H20IN3O. The Hall–Kier alpha value is -1.50. The van der Waals surface area contributed by atoms with Crippen molar-refractivity contribution in [3.05, 3.63) is 47.7 Å². The monoisotopic (exact) mass is 385 g/mol. The summed E-state index contributed by atoms with van der Waals surface area (Å²) in [5, 5.41) is 4.10. The fraction of sp³-hybridized carbons (Fsp3) is 0.267. The van der Waals surface area contributed by atoms with Gasteiger partial charge in [0.25, 0.3) is 0 Å². The third-order valence-electron chi connectivity index (χ3n) is 2.88. The minimum absolute atomic E-state index is 0. The largest absolute Gasteiger partial charge is 0.461 e. The van der Waals surface area contributed by atoms with Gasteiger partial charge in [-0.1, -0.05) is 30.4 Å². The van der Waals surface area contributed by atoms with E-state index in [-0.39, 0.29) is 24.0 Å². The van der Waals surface area contributed by atoms with Crippen molar-refractivity contribution in [2.24, 2.45) is 10.7 Å². The highest BCUT2D eigenvalue weighted by Crippen LogP contribution is 2.25. The topological polar surface area (TPSA) is 63.5 Å². The number of benzene rings is 1. The Morgan fingerprint density at radius 3 is 2.80 bits per heavy atom. The molecule has 0 fully saturated rings.